The summed E-state index contributed by atoms with van der Waals surface area (Å²) in [5.41, 5.74) is 5.91. The van der Waals surface area contributed by atoms with E-state index in [2.05, 4.69) is 24.1 Å². The van der Waals surface area contributed by atoms with Gasteiger partial charge in [-0.1, -0.05) is 0 Å². The lowest BCUT2D eigenvalue weighted by Crippen LogP contribution is -2.41. The highest BCUT2D eigenvalue weighted by Gasteiger charge is 2.29. The molecule has 1 fully saturated rings. The van der Waals surface area contributed by atoms with Crippen LogP contribution in [0.2, 0.25) is 0 Å². The Kier molecular flexibility index (Phi) is 2.87. The predicted molar refractivity (Wildman–Crippen MR) is 47.5 cm³/mol. The summed E-state index contributed by atoms with van der Waals surface area (Å²) >= 11 is 0. The molecule has 1 heterocycles. The number of hydrogen-bond acceptors (Lipinski definition) is 3. The van der Waals surface area contributed by atoms with E-state index in [-0.39, 0.29) is 0 Å². The average Bonchev–Trinajstić information content (AvgIpc) is 2.31. The zero-order valence-electron chi connectivity index (χ0n) is 7.67. The van der Waals surface area contributed by atoms with Gasteiger partial charge in [0.25, 0.3) is 0 Å². The van der Waals surface area contributed by atoms with Crippen molar-refractivity contribution in [1.29, 1.82) is 0 Å². The topological polar surface area (TPSA) is 41.3 Å². The largest absolute Gasteiger partial charge is 0.325 e. The number of nitrogens with one attached hydrogen (secondary N) is 1. The van der Waals surface area contributed by atoms with Crippen LogP contribution >= 0.6 is 0 Å². The van der Waals surface area contributed by atoms with Crippen LogP contribution in [-0.2, 0) is 0 Å². The van der Waals surface area contributed by atoms with Gasteiger partial charge < -0.3 is 11.1 Å². The molecule has 3 N–H and O–H groups in total. The smallest absolute Gasteiger partial charge is 0.0357 e. The minimum atomic E-state index is 0.308. The zero-order chi connectivity index (χ0) is 8.43. The minimum absolute atomic E-state index is 0.308. The standard InChI is InChI=1S/C8H19N3/c1-6(2)11-4-7(9)8(5-11)10-3/h6-8,10H,4-5,9H2,1-3H3. The molecule has 2 atom stereocenters. The monoisotopic (exact) mass is 157 g/mol. The quantitative estimate of drug-likeness (QED) is 0.574. The summed E-state index contributed by atoms with van der Waals surface area (Å²) in [4.78, 5) is 2.41. The lowest BCUT2D eigenvalue weighted by Gasteiger charge is -2.19. The molecule has 0 aromatic rings. The number of hydrogen-bond donors (Lipinski definition) is 2. The molecule has 0 saturated carbocycles. The number of likely N-dealkylation sites (tertiary alicyclic amines) is 1. The van der Waals surface area contributed by atoms with Gasteiger partial charge in [-0.05, 0) is 20.9 Å². The van der Waals surface area contributed by atoms with Gasteiger partial charge in [0.15, 0.2) is 0 Å². The van der Waals surface area contributed by atoms with Gasteiger partial charge in [-0.25, -0.2) is 0 Å². The Morgan fingerprint density at radius 2 is 2.09 bits per heavy atom. The van der Waals surface area contributed by atoms with Gasteiger partial charge >= 0.3 is 0 Å². The Morgan fingerprint density at radius 1 is 1.45 bits per heavy atom. The summed E-state index contributed by atoms with van der Waals surface area (Å²) in [6.07, 6.45) is 0. The van der Waals surface area contributed by atoms with E-state index >= 15 is 0 Å². The van der Waals surface area contributed by atoms with Gasteiger partial charge in [0.2, 0.25) is 0 Å². The lowest BCUT2D eigenvalue weighted by atomic mass is 10.2. The SMILES string of the molecule is CNC1CN(C(C)C)CC1N. The molecule has 1 aliphatic heterocycles. The summed E-state index contributed by atoms with van der Waals surface area (Å²) in [6, 6.07) is 1.42. The Hall–Kier alpha value is -0.120. The first-order valence-corrected chi connectivity index (χ1v) is 4.32. The summed E-state index contributed by atoms with van der Waals surface area (Å²) in [5.74, 6) is 0. The molecule has 11 heavy (non-hydrogen) atoms. The van der Waals surface area contributed by atoms with Crippen molar-refractivity contribution in [1.82, 2.24) is 10.2 Å². The van der Waals surface area contributed by atoms with E-state index in [4.69, 9.17) is 5.73 Å². The highest BCUT2D eigenvalue weighted by Crippen LogP contribution is 2.10. The van der Waals surface area contributed by atoms with Crippen LogP contribution in [0.5, 0.6) is 0 Å². The number of likely N-dealkylation sites (N-methyl/N-ethyl adjacent to an activating group) is 1. The molecule has 0 amide bonds. The predicted octanol–water partition coefficient (Wildman–Crippen LogP) is -0.374. The second kappa shape index (κ2) is 3.52. The van der Waals surface area contributed by atoms with Gasteiger partial charge in [0.1, 0.15) is 0 Å². The summed E-state index contributed by atoms with van der Waals surface area (Å²) in [6.45, 7) is 6.55. The molecule has 0 aromatic carbocycles. The van der Waals surface area contributed by atoms with Crippen LogP contribution in [-0.4, -0.2) is 43.2 Å². The maximum absolute atomic E-state index is 5.91. The Bertz CT molecular complexity index is 125. The van der Waals surface area contributed by atoms with Gasteiger partial charge in [-0.2, -0.15) is 0 Å². The van der Waals surface area contributed by atoms with E-state index in [0.29, 0.717) is 18.1 Å². The Labute approximate surface area is 68.9 Å². The van der Waals surface area contributed by atoms with Gasteiger partial charge in [0, 0.05) is 31.2 Å². The number of nitrogens with two attached hydrogens (primary N) is 1. The number of rotatable bonds is 2. The molecule has 2 unspecified atom stereocenters. The van der Waals surface area contributed by atoms with Crippen LogP contribution in [0, 0.1) is 0 Å². The molecule has 3 heteroatoms. The zero-order valence-corrected chi connectivity index (χ0v) is 7.67. The third kappa shape index (κ3) is 1.92. The molecule has 1 saturated heterocycles. The third-order valence-electron chi connectivity index (χ3n) is 2.49. The molecular weight excluding hydrogens is 138 g/mol. The van der Waals surface area contributed by atoms with Gasteiger partial charge in [0.05, 0.1) is 0 Å². The van der Waals surface area contributed by atoms with Crippen molar-refractivity contribution in [3.63, 3.8) is 0 Å². The number of nitrogens with zero attached hydrogens (tertiary/aromatic N) is 1. The maximum Gasteiger partial charge on any atom is 0.0357 e. The highest BCUT2D eigenvalue weighted by molar-refractivity contribution is 4.92. The van der Waals surface area contributed by atoms with Crippen LogP contribution < -0.4 is 11.1 Å². The fourth-order valence-corrected chi connectivity index (χ4v) is 1.59. The second-order valence-electron chi connectivity index (χ2n) is 3.61. The van der Waals surface area contributed by atoms with Crippen molar-refractivity contribution in [2.24, 2.45) is 5.73 Å². The van der Waals surface area contributed by atoms with Crippen LogP contribution in [0.4, 0.5) is 0 Å². The van der Waals surface area contributed by atoms with E-state index in [1.54, 1.807) is 0 Å². The molecule has 3 nitrogen and oxygen atoms in total. The molecular formula is C8H19N3. The van der Waals surface area contributed by atoms with Crippen molar-refractivity contribution in [2.75, 3.05) is 20.1 Å². The molecule has 66 valence electrons. The molecule has 0 aliphatic carbocycles. The summed E-state index contributed by atoms with van der Waals surface area (Å²) < 4.78 is 0. The van der Waals surface area contributed by atoms with Crippen molar-refractivity contribution in [3.05, 3.63) is 0 Å². The Morgan fingerprint density at radius 3 is 2.36 bits per heavy atom. The molecule has 0 radical (unpaired) electrons. The first-order chi connectivity index (χ1) is 5.15. The van der Waals surface area contributed by atoms with Crippen LogP contribution in [0.15, 0.2) is 0 Å². The first-order valence-electron chi connectivity index (χ1n) is 4.32. The van der Waals surface area contributed by atoms with Crippen LogP contribution in [0.3, 0.4) is 0 Å². The fourth-order valence-electron chi connectivity index (χ4n) is 1.59. The van der Waals surface area contributed by atoms with Crippen molar-refractivity contribution < 1.29 is 0 Å². The highest BCUT2D eigenvalue weighted by atomic mass is 15.2. The maximum atomic E-state index is 5.91. The van der Waals surface area contributed by atoms with E-state index in [1.807, 2.05) is 7.05 Å². The molecule has 0 aromatic heterocycles. The minimum Gasteiger partial charge on any atom is -0.325 e. The van der Waals surface area contributed by atoms with E-state index < -0.39 is 0 Å². The van der Waals surface area contributed by atoms with E-state index in [9.17, 15) is 0 Å². The van der Waals surface area contributed by atoms with Gasteiger partial charge in [-0.15, -0.1) is 0 Å². The fraction of sp³-hybridized carbons (Fsp3) is 1.00. The lowest BCUT2D eigenvalue weighted by molar-refractivity contribution is 0.268. The summed E-state index contributed by atoms with van der Waals surface area (Å²) in [5, 5.41) is 3.23. The molecule has 1 aliphatic rings. The average molecular weight is 157 g/mol. The summed E-state index contributed by atoms with van der Waals surface area (Å²) in [7, 11) is 1.98. The van der Waals surface area contributed by atoms with Crippen molar-refractivity contribution in [3.8, 4) is 0 Å². The molecule has 0 spiro atoms. The van der Waals surface area contributed by atoms with Crippen LogP contribution in [0.25, 0.3) is 0 Å². The third-order valence-corrected chi connectivity index (χ3v) is 2.49. The van der Waals surface area contributed by atoms with E-state index in [1.165, 1.54) is 0 Å². The van der Waals surface area contributed by atoms with Crippen molar-refractivity contribution >= 4 is 0 Å². The van der Waals surface area contributed by atoms with Gasteiger partial charge in [-0.3, -0.25) is 4.90 Å². The molecule has 0 bridgehead atoms. The second-order valence-corrected chi connectivity index (χ2v) is 3.61. The Balaban J connectivity index is 2.43. The first kappa shape index (κ1) is 8.97. The van der Waals surface area contributed by atoms with Crippen molar-refractivity contribution in [2.45, 2.75) is 32.0 Å². The van der Waals surface area contributed by atoms with E-state index in [0.717, 1.165) is 13.1 Å². The normalized spacial score (nSPS) is 33.5. The molecule has 1 rings (SSSR count). The van der Waals surface area contributed by atoms with Crippen LogP contribution in [0.1, 0.15) is 13.8 Å².